The molecular weight excluding hydrogens is 252 g/mol. The van der Waals surface area contributed by atoms with Gasteiger partial charge in [-0.3, -0.25) is 4.79 Å². The second-order valence-electron chi connectivity index (χ2n) is 4.86. The molecule has 2 N–H and O–H groups in total. The molecule has 0 aromatic heterocycles. The molecule has 1 aromatic carbocycles. The molecule has 0 aliphatic heterocycles. The van der Waals surface area contributed by atoms with Gasteiger partial charge in [0.05, 0.1) is 6.61 Å². The highest BCUT2D eigenvalue weighted by atomic mass is 16.5. The third kappa shape index (κ3) is 4.32. The maximum Gasteiger partial charge on any atom is 0.254 e. The van der Waals surface area contributed by atoms with E-state index in [1.165, 1.54) is 0 Å². The van der Waals surface area contributed by atoms with Gasteiger partial charge in [0, 0.05) is 31.8 Å². The van der Waals surface area contributed by atoms with E-state index < -0.39 is 0 Å². The molecular formula is C16H26N2O2. The van der Waals surface area contributed by atoms with Crippen molar-refractivity contribution in [1.82, 2.24) is 4.90 Å². The van der Waals surface area contributed by atoms with Gasteiger partial charge in [0.25, 0.3) is 5.91 Å². The molecule has 1 rings (SSSR count). The van der Waals surface area contributed by atoms with Gasteiger partial charge in [-0.15, -0.1) is 0 Å². The zero-order valence-electron chi connectivity index (χ0n) is 12.8. The first-order valence-electron chi connectivity index (χ1n) is 7.26. The minimum Gasteiger partial charge on any atom is -0.383 e. The van der Waals surface area contributed by atoms with Gasteiger partial charge in [-0.2, -0.15) is 0 Å². The predicted octanol–water partition coefficient (Wildman–Crippen LogP) is 2.42. The zero-order valence-corrected chi connectivity index (χ0v) is 12.8. The number of nitrogens with two attached hydrogens (primary N) is 1. The van der Waals surface area contributed by atoms with E-state index >= 15 is 0 Å². The molecule has 0 radical (unpaired) electrons. The molecule has 0 fully saturated rings. The molecule has 0 unspecified atom stereocenters. The maximum absolute atomic E-state index is 12.6. The number of rotatable bonds is 8. The molecule has 0 saturated carbocycles. The molecule has 4 nitrogen and oxygen atoms in total. The number of carbonyl (C=O) groups excluding carboxylic acids is 1. The van der Waals surface area contributed by atoms with Crippen molar-refractivity contribution < 1.29 is 9.53 Å². The Kier molecular flexibility index (Phi) is 7.26. The van der Waals surface area contributed by atoms with Crippen LogP contribution in [0.5, 0.6) is 0 Å². The molecule has 20 heavy (non-hydrogen) atoms. The first-order chi connectivity index (χ1) is 9.67. The normalized spacial score (nSPS) is 10.8. The van der Waals surface area contributed by atoms with Gasteiger partial charge in [0.1, 0.15) is 0 Å². The van der Waals surface area contributed by atoms with E-state index in [4.69, 9.17) is 10.5 Å². The fourth-order valence-corrected chi connectivity index (χ4v) is 2.32. The molecule has 0 atom stereocenters. The fraction of sp³-hybridized carbons (Fsp3) is 0.562. The lowest BCUT2D eigenvalue weighted by Crippen LogP contribution is -2.41. The van der Waals surface area contributed by atoms with E-state index in [2.05, 4.69) is 13.8 Å². The molecule has 1 aromatic rings. The van der Waals surface area contributed by atoms with Crippen LogP contribution in [0.2, 0.25) is 0 Å². The summed E-state index contributed by atoms with van der Waals surface area (Å²) in [6.45, 7) is 5.90. The van der Waals surface area contributed by atoms with Crippen molar-refractivity contribution in [2.75, 3.05) is 20.3 Å². The monoisotopic (exact) mass is 278 g/mol. The Labute approximate surface area is 121 Å². The molecule has 112 valence electrons. The number of hydrogen-bond donors (Lipinski definition) is 1. The average molecular weight is 278 g/mol. The van der Waals surface area contributed by atoms with Gasteiger partial charge < -0.3 is 15.4 Å². The molecule has 0 heterocycles. The van der Waals surface area contributed by atoms with Crippen molar-refractivity contribution in [3.8, 4) is 0 Å². The quantitative estimate of drug-likeness (QED) is 0.794. The van der Waals surface area contributed by atoms with Crippen LogP contribution in [0.3, 0.4) is 0 Å². The molecule has 0 bridgehead atoms. The summed E-state index contributed by atoms with van der Waals surface area (Å²) < 4.78 is 5.12. The maximum atomic E-state index is 12.6. The predicted molar refractivity (Wildman–Crippen MR) is 81.6 cm³/mol. The van der Waals surface area contributed by atoms with Crippen LogP contribution >= 0.6 is 0 Å². The molecule has 0 saturated heterocycles. The molecule has 4 heteroatoms. The average Bonchev–Trinajstić information content (AvgIpc) is 2.51. The summed E-state index contributed by atoms with van der Waals surface area (Å²) in [5, 5.41) is 0. The summed E-state index contributed by atoms with van der Waals surface area (Å²) in [5.41, 5.74) is 7.33. The first-order valence-corrected chi connectivity index (χ1v) is 7.26. The van der Waals surface area contributed by atoms with Gasteiger partial charge in [-0.05, 0) is 30.5 Å². The highest BCUT2D eigenvalue weighted by Crippen LogP contribution is 2.14. The van der Waals surface area contributed by atoms with E-state index in [9.17, 15) is 4.79 Å². The minimum atomic E-state index is 0.0688. The standard InChI is InChI=1S/C16H26N2O2/c1-4-15(5-2)18(10-11-20-3)16(19)14-8-6-13(12-17)7-9-14/h6-9,15H,4-5,10-12,17H2,1-3H3. The van der Waals surface area contributed by atoms with Gasteiger partial charge in [0.15, 0.2) is 0 Å². The van der Waals surface area contributed by atoms with E-state index in [-0.39, 0.29) is 11.9 Å². The van der Waals surface area contributed by atoms with Crippen molar-refractivity contribution in [3.05, 3.63) is 35.4 Å². The van der Waals surface area contributed by atoms with Crippen molar-refractivity contribution in [3.63, 3.8) is 0 Å². The third-order valence-corrected chi connectivity index (χ3v) is 3.62. The van der Waals surface area contributed by atoms with Gasteiger partial charge in [-0.1, -0.05) is 26.0 Å². The Bertz CT molecular complexity index is 399. The number of ether oxygens (including phenoxy) is 1. The van der Waals surface area contributed by atoms with Crippen LogP contribution in [-0.4, -0.2) is 37.1 Å². The highest BCUT2D eigenvalue weighted by molar-refractivity contribution is 5.94. The lowest BCUT2D eigenvalue weighted by Gasteiger charge is -2.30. The molecule has 0 aliphatic carbocycles. The minimum absolute atomic E-state index is 0.0688. The number of amides is 1. The summed E-state index contributed by atoms with van der Waals surface area (Å²) in [6.07, 6.45) is 1.90. The molecule has 1 amide bonds. The molecule has 0 aliphatic rings. The van der Waals surface area contributed by atoms with Crippen LogP contribution in [0.25, 0.3) is 0 Å². The van der Waals surface area contributed by atoms with Gasteiger partial charge in [0.2, 0.25) is 0 Å². The number of benzene rings is 1. The van der Waals surface area contributed by atoms with Crippen LogP contribution in [0.1, 0.15) is 42.6 Å². The Balaban J connectivity index is 2.89. The van der Waals surface area contributed by atoms with Crippen molar-refractivity contribution in [2.45, 2.75) is 39.3 Å². The smallest absolute Gasteiger partial charge is 0.254 e. The van der Waals surface area contributed by atoms with E-state index in [0.717, 1.165) is 18.4 Å². The highest BCUT2D eigenvalue weighted by Gasteiger charge is 2.21. The van der Waals surface area contributed by atoms with Crippen LogP contribution in [0, 0.1) is 0 Å². The lowest BCUT2D eigenvalue weighted by atomic mass is 10.1. The van der Waals surface area contributed by atoms with E-state index in [0.29, 0.717) is 25.3 Å². The van der Waals surface area contributed by atoms with Crippen molar-refractivity contribution in [1.29, 1.82) is 0 Å². The Morgan fingerprint density at radius 1 is 1.25 bits per heavy atom. The Morgan fingerprint density at radius 2 is 1.85 bits per heavy atom. The summed E-state index contributed by atoms with van der Waals surface area (Å²) in [5.74, 6) is 0.0688. The van der Waals surface area contributed by atoms with E-state index in [1.54, 1.807) is 7.11 Å². The summed E-state index contributed by atoms with van der Waals surface area (Å²) in [6, 6.07) is 7.79. The summed E-state index contributed by atoms with van der Waals surface area (Å²) in [7, 11) is 1.66. The SMILES string of the molecule is CCC(CC)N(CCOC)C(=O)c1ccc(CN)cc1. The largest absolute Gasteiger partial charge is 0.383 e. The number of hydrogen-bond acceptors (Lipinski definition) is 3. The lowest BCUT2D eigenvalue weighted by molar-refractivity contribution is 0.0589. The van der Waals surface area contributed by atoms with Gasteiger partial charge in [-0.25, -0.2) is 0 Å². The van der Waals surface area contributed by atoms with Crippen LogP contribution < -0.4 is 5.73 Å². The van der Waals surface area contributed by atoms with Crippen LogP contribution in [0.4, 0.5) is 0 Å². The zero-order chi connectivity index (χ0) is 15.0. The van der Waals surface area contributed by atoms with Gasteiger partial charge >= 0.3 is 0 Å². The topological polar surface area (TPSA) is 55.6 Å². The third-order valence-electron chi connectivity index (χ3n) is 3.62. The van der Waals surface area contributed by atoms with E-state index in [1.807, 2.05) is 29.2 Å². The molecule has 0 spiro atoms. The number of carbonyl (C=O) groups is 1. The second-order valence-corrected chi connectivity index (χ2v) is 4.86. The van der Waals surface area contributed by atoms with Crippen molar-refractivity contribution >= 4 is 5.91 Å². The van der Waals surface area contributed by atoms with Crippen molar-refractivity contribution in [2.24, 2.45) is 5.73 Å². The first kappa shape index (κ1) is 16.7. The Morgan fingerprint density at radius 3 is 2.30 bits per heavy atom. The van der Waals surface area contributed by atoms with Crippen LogP contribution in [0.15, 0.2) is 24.3 Å². The number of nitrogens with zero attached hydrogens (tertiary/aromatic N) is 1. The van der Waals surface area contributed by atoms with Crippen LogP contribution in [-0.2, 0) is 11.3 Å². The summed E-state index contributed by atoms with van der Waals surface area (Å²) in [4.78, 5) is 14.6. The summed E-state index contributed by atoms with van der Waals surface area (Å²) >= 11 is 0. The second kappa shape index (κ2) is 8.72. The Hall–Kier alpha value is -1.39. The number of methoxy groups -OCH3 is 1. The fourth-order valence-electron chi connectivity index (χ4n) is 2.32.